The van der Waals surface area contributed by atoms with E-state index in [2.05, 4.69) is 20.9 Å². The number of carbonyl (C=O) groups is 2. The number of anilines is 1. The number of nitrogens with zero attached hydrogens (tertiary/aromatic N) is 1. The van der Waals surface area contributed by atoms with E-state index in [-0.39, 0.29) is 30.9 Å². The zero-order valence-corrected chi connectivity index (χ0v) is 8.74. The minimum Gasteiger partial charge on any atom is -0.432 e. The molecular weight excluding hydrogens is 212 g/mol. The molecule has 0 aliphatic carbocycles. The maximum atomic E-state index is 11.7. The van der Waals surface area contributed by atoms with Crippen LogP contribution < -0.4 is 16.0 Å². The molecule has 0 bridgehead atoms. The first-order valence-corrected chi connectivity index (χ1v) is 4.88. The predicted octanol–water partition coefficient (Wildman–Crippen LogP) is -0.990. The lowest BCUT2D eigenvalue weighted by atomic mass is 10.2. The van der Waals surface area contributed by atoms with Gasteiger partial charge in [-0.3, -0.25) is 20.2 Å². The number of oxazole rings is 1. The molecule has 7 nitrogen and oxygen atoms in total. The van der Waals surface area contributed by atoms with Crippen LogP contribution in [0.15, 0.2) is 10.7 Å². The van der Waals surface area contributed by atoms with Crippen molar-refractivity contribution in [1.82, 2.24) is 15.6 Å². The Balaban J connectivity index is 1.91. The van der Waals surface area contributed by atoms with Crippen LogP contribution >= 0.6 is 0 Å². The van der Waals surface area contributed by atoms with Gasteiger partial charge in [-0.1, -0.05) is 0 Å². The molecule has 2 heterocycles. The van der Waals surface area contributed by atoms with Crippen LogP contribution in [0.5, 0.6) is 0 Å². The van der Waals surface area contributed by atoms with Gasteiger partial charge in [0.25, 0.3) is 0 Å². The summed E-state index contributed by atoms with van der Waals surface area (Å²) in [5.41, 5.74) is 0.695. The van der Waals surface area contributed by atoms with E-state index in [0.717, 1.165) is 0 Å². The fourth-order valence-corrected chi connectivity index (χ4v) is 1.36. The zero-order valence-electron chi connectivity index (χ0n) is 8.74. The van der Waals surface area contributed by atoms with Crippen LogP contribution in [0.3, 0.4) is 0 Å². The van der Waals surface area contributed by atoms with Gasteiger partial charge in [-0.05, 0) is 6.92 Å². The van der Waals surface area contributed by atoms with Crippen molar-refractivity contribution < 1.29 is 14.0 Å². The lowest BCUT2D eigenvalue weighted by molar-refractivity contribution is -0.124. The predicted molar refractivity (Wildman–Crippen MR) is 54.7 cm³/mol. The van der Waals surface area contributed by atoms with Gasteiger partial charge < -0.3 is 9.73 Å². The van der Waals surface area contributed by atoms with E-state index in [1.54, 1.807) is 6.92 Å². The summed E-state index contributed by atoms with van der Waals surface area (Å²) >= 11 is 0. The Morgan fingerprint density at radius 3 is 3.06 bits per heavy atom. The lowest BCUT2D eigenvalue weighted by Gasteiger charge is -2.22. The molecule has 1 aliphatic heterocycles. The van der Waals surface area contributed by atoms with E-state index in [1.165, 1.54) is 6.26 Å². The molecule has 86 valence electrons. The Kier molecular flexibility index (Phi) is 2.86. The highest BCUT2D eigenvalue weighted by Gasteiger charge is 2.24. The third kappa shape index (κ3) is 2.37. The summed E-state index contributed by atoms with van der Waals surface area (Å²) in [4.78, 5) is 26.5. The van der Waals surface area contributed by atoms with E-state index in [1.807, 2.05) is 0 Å². The van der Waals surface area contributed by atoms with Crippen LogP contribution in [0.1, 0.15) is 5.69 Å². The fraction of sp³-hybridized carbons (Fsp3) is 0.444. The molecule has 7 heteroatoms. The average molecular weight is 224 g/mol. The fourth-order valence-electron chi connectivity index (χ4n) is 1.36. The molecule has 1 atom stereocenters. The van der Waals surface area contributed by atoms with Gasteiger partial charge in [0.05, 0.1) is 12.2 Å². The van der Waals surface area contributed by atoms with Crippen LogP contribution in [-0.4, -0.2) is 35.9 Å². The summed E-state index contributed by atoms with van der Waals surface area (Å²) in [5.74, 6) is -0.391. The normalized spacial score (nSPS) is 20.3. The second kappa shape index (κ2) is 4.31. The van der Waals surface area contributed by atoms with E-state index in [0.29, 0.717) is 5.69 Å². The standard InChI is InChI=1S/C9H12N4O3/c1-5-4-16-9(12-5)13-8(15)6-2-11-7(14)3-10-6/h4,6,10H,2-3H2,1H3,(H,11,14)(H,12,13,15). The van der Waals surface area contributed by atoms with Crippen LogP contribution in [0.2, 0.25) is 0 Å². The van der Waals surface area contributed by atoms with Crippen molar-refractivity contribution in [3.05, 3.63) is 12.0 Å². The second-order valence-corrected chi connectivity index (χ2v) is 3.52. The van der Waals surface area contributed by atoms with E-state index in [9.17, 15) is 9.59 Å². The smallest absolute Gasteiger partial charge is 0.301 e. The Bertz CT molecular complexity index is 405. The monoisotopic (exact) mass is 224 g/mol. The van der Waals surface area contributed by atoms with Gasteiger partial charge in [0.15, 0.2) is 0 Å². The maximum Gasteiger partial charge on any atom is 0.301 e. The van der Waals surface area contributed by atoms with Crippen LogP contribution in [0.4, 0.5) is 6.01 Å². The molecule has 0 saturated carbocycles. The van der Waals surface area contributed by atoms with Crippen LogP contribution in [0, 0.1) is 6.92 Å². The summed E-state index contributed by atoms with van der Waals surface area (Å²) < 4.78 is 4.99. The molecule has 1 fully saturated rings. The second-order valence-electron chi connectivity index (χ2n) is 3.52. The molecule has 0 radical (unpaired) electrons. The summed E-state index contributed by atoms with van der Waals surface area (Å²) in [6, 6.07) is -0.286. The van der Waals surface area contributed by atoms with Crippen LogP contribution in [0.25, 0.3) is 0 Å². The highest BCUT2D eigenvalue weighted by atomic mass is 16.4. The van der Waals surface area contributed by atoms with Gasteiger partial charge in [-0.15, -0.1) is 0 Å². The van der Waals surface area contributed by atoms with Crippen molar-refractivity contribution in [3.63, 3.8) is 0 Å². The van der Waals surface area contributed by atoms with Crippen LogP contribution in [-0.2, 0) is 9.59 Å². The largest absolute Gasteiger partial charge is 0.432 e. The molecule has 2 rings (SSSR count). The molecule has 1 aromatic heterocycles. The SMILES string of the molecule is Cc1coc(NC(=O)C2CNC(=O)CN2)n1. The molecule has 0 spiro atoms. The first-order valence-electron chi connectivity index (χ1n) is 4.88. The third-order valence-electron chi connectivity index (χ3n) is 2.18. The number of hydrogen-bond donors (Lipinski definition) is 3. The van der Waals surface area contributed by atoms with Gasteiger partial charge in [-0.2, -0.15) is 4.98 Å². The Labute approximate surface area is 91.6 Å². The third-order valence-corrected chi connectivity index (χ3v) is 2.18. The number of aryl methyl sites for hydroxylation is 1. The first kappa shape index (κ1) is 10.6. The average Bonchev–Trinajstić information content (AvgIpc) is 2.65. The quantitative estimate of drug-likeness (QED) is 0.599. The van der Waals surface area contributed by atoms with Crippen molar-refractivity contribution >= 4 is 17.8 Å². The molecule has 0 aromatic carbocycles. The minimum atomic E-state index is -0.454. The van der Waals surface area contributed by atoms with Crippen molar-refractivity contribution in [2.75, 3.05) is 18.4 Å². The molecule has 1 unspecified atom stereocenters. The molecular formula is C9H12N4O3. The summed E-state index contributed by atoms with van der Waals surface area (Å²) in [7, 11) is 0. The Morgan fingerprint density at radius 1 is 1.69 bits per heavy atom. The number of nitrogens with one attached hydrogen (secondary N) is 3. The number of piperazine rings is 1. The molecule has 1 aromatic rings. The van der Waals surface area contributed by atoms with Crippen molar-refractivity contribution in [2.24, 2.45) is 0 Å². The van der Waals surface area contributed by atoms with E-state index in [4.69, 9.17) is 4.42 Å². The van der Waals surface area contributed by atoms with Gasteiger partial charge in [0, 0.05) is 6.54 Å². The molecule has 16 heavy (non-hydrogen) atoms. The minimum absolute atomic E-state index is 0.115. The van der Waals surface area contributed by atoms with Gasteiger partial charge in [-0.25, -0.2) is 0 Å². The topological polar surface area (TPSA) is 96.3 Å². The van der Waals surface area contributed by atoms with Gasteiger partial charge >= 0.3 is 6.01 Å². The maximum absolute atomic E-state index is 11.7. The number of aromatic nitrogens is 1. The molecule has 2 amide bonds. The Morgan fingerprint density at radius 2 is 2.50 bits per heavy atom. The highest BCUT2D eigenvalue weighted by molar-refractivity contribution is 5.95. The summed E-state index contributed by atoms with van der Waals surface area (Å²) in [5, 5.41) is 7.91. The summed E-state index contributed by atoms with van der Waals surface area (Å²) in [6.45, 7) is 2.17. The first-order chi connectivity index (χ1) is 7.65. The summed E-state index contributed by atoms with van der Waals surface area (Å²) in [6.07, 6.45) is 1.45. The van der Waals surface area contributed by atoms with Gasteiger partial charge in [0.2, 0.25) is 11.8 Å². The zero-order chi connectivity index (χ0) is 11.5. The Hall–Kier alpha value is -1.89. The van der Waals surface area contributed by atoms with E-state index < -0.39 is 6.04 Å². The number of carbonyl (C=O) groups excluding carboxylic acids is 2. The molecule has 1 aliphatic rings. The molecule has 3 N–H and O–H groups in total. The van der Waals surface area contributed by atoms with Crippen molar-refractivity contribution in [3.8, 4) is 0 Å². The van der Waals surface area contributed by atoms with Crippen molar-refractivity contribution in [1.29, 1.82) is 0 Å². The lowest BCUT2D eigenvalue weighted by Crippen LogP contribution is -2.56. The van der Waals surface area contributed by atoms with Gasteiger partial charge in [0.1, 0.15) is 12.3 Å². The highest BCUT2D eigenvalue weighted by Crippen LogP contribution is 2.06. The number of amides is 2. The van der Waals surface area contributed by atoms with Crippen molar-refractivity contribution in [2.45, 2.75) is 13.0 Å². The number of hydrogen-bond acceptors (Lipinski definition) is 5. The van der Waals surface area contributed by atoms with E-state index >= 15 is 0 Å². The molecule has 1 saturated heterocycles. The number of rotatable bonds is 2.